The van der Waals surface area contributed by atoms with Crippen molar-refractivity contribution >= 4 is 23.2 Å². The van der Waals surface area contributed by atoms with Crippen LogP contribution in [0.1, 0.15) is 28.5 Å². The van der Waals surface area contributed by atoms with Gasteiger partial charge in [0.1, 0.15) is 12.2 Å². The van der Waals surface area contributed by atoms with Crippen molar-refractivity contribution in [2.24, 2.45) is 5.92 Å². The van der Waals surface area contributed by atoms with Gasteiger partial charge in [-0.3, -0.25) is 19.7 Å². The zero-order chi connectivity index (χ0) is 17.9. The Kier molecular flexibility index (Phi) is 4.14. The van der Waals surface area contributed by atoms with Gasteiger partial charge >= 0.3 is 0 Å². The third-order valence-corrected chi connectivity index (χ3v) is 4.24. The van der Waals surface area contributed by atoms with E-state index in [0.29, 0.717) is 16.9 Å². The summed E-state index contributed by atoms with van der Waals surface area (Å²) in [5.41, 5.74) is 1.70. The Hall–Kier alpha value is -3.55. The first-order chi connectivity index (χ1) is 12.7. The van der Waals surface area contributed by atoms with Crippen molar-refractivity contribution in [1.29, 1.82) is 0 Å². The van der Waals surface area contributed by atoms with Gasteiger partial charge in [0, 0.05) is 41.2 Å². The van der Waals surface area contributed by atoms with Gasteiger partial charge < -0.3 is 10.6 Å². The summed E-state index contributed by atoms with van der Waals surface area (Å²) in [4.78, 5) is 32.7. The lowest BCUT2D eigenvalue weighted by molar-refractivity contribution is -0.117. The number of nitrogens with zero attached hydrogens (tertiary/aromatic N) is 3. The number of H-pyrrole nitrogens is 1. The molecule has 130 valence electrons. The predicted octanol–water partition coefficient (Wildman–Crippen LogP) is 2.19. The molecule has 8 heteroatoms. The molecular weight excluding hydrogens is 332 g/mol. The number of aromatic amines is 1. The van der Waals surface area contributed by atoms with Gasteiger partial charge in [-0.1, -0.05) is 6.07 Å². The van der Waals surface area contributed by atoms with Gasteiger partial charge in [0.05, 0.1) is 0 Å². The highest BCUT2D eigenvalue weighted by molar-refractivity contribution is 6.05. The number of hydrogen-bond acceptors (Lipinski definition) is 5. The number of hydrogen-bond donors (Lipinski definition) is 3. The Morgan fingerprint density at radius 1 is 1.08 bits per heavy atom. The minimum Gasteiger partial charge on any atom is -0.326 e. The van der Waals surface area contributed by atoms with Crippen molar-refractivity contribution in [3.05, 3.63) is 66.5 Å². The van der Waals surface area contributed by atoms with Crippen LogP contribution in [0.4, 0.5) is 11.4 Å². The van der Waals surface area contributed by atoms with Gasteiger partial charge in [-0.25, -0.2) is 4.98 Å². The number of aromatic nitrogens is 4. The van der Waals surface area contributed by atoms with Crippen LogP contribution < -0.4 is 10.6 Å². The molecule has 8 nitrogen and oxygen atoms in total. The SMILES string of the molecule is O=C(Nc1ccncc1)c1cccc(NC(=O)[C@@H]2C[C@H]2c2ncn[nH]2)c1. The van der Waals surface area contributed by atoms with Gasteiger partial charge in [-0.15, -0.1) is 0 Å². The van der Waals surface area contributed by atoms with Crippen molar-refractivity contribution < 1.29 is 9.59 Å². The standard InChI is InChI=1S/C18H16N6O2/c25-17(22-12-4-6-19-7-5-12)11-2-1-3-13(8-11)23-18(26)15-9-14(15)16-20-10-21-24-16/h1-8,10,14-15H,9H2,(H,23,26)(H,19,22,25)(H,20,21,24)/t14-,15-/m1/s1. The minimum absolute atomic E-state index is 0.0793. The van der Waals surface area contributed by atoms with E-state index in [1.165, 1.54) is 6.33 Å². The third kappa shape index (κ3) is 3.44. The molecule has 1 aliphatic rings. The molecule has 2 aromatic heterocycles. The zero-order valence-electron chi connectivity index (χ0n) is 13.7. The predicted molar refractivity (Wildman–Crippen MR) is 94.5 cm³/mol. The second-order valence-electron chi connectivity index (χ2n) is 6.08. The number of benzene rings is 1. The molecule has 3 N–H and O–H groups in total. The highest BCUT2D eigenvalue weighted by atomic mass is 16.2. The molecule has 0 bridgehead atoms. The highest BCUT2D eigenvalue weighted by Crippen LogP contribution is 2.46. The maximum absolute atomic E-state index is 12.4. The van der Waals surface area contributed by atoms with Crippen LogP contribution in [0, 0.1) is 5.92 Å². The lowest BCUT2D eigenvalue weighted by atomic mass is 10.1. The van der Waals surface area contributed by atoms with Crippen LogP contribution in [0.5, 0.6) is 0 Å². The fourth-order valence-electron chi connectivity index (χ4n) is 2.79. The van der Waals surface area contributed by atoms with Crippen molar-refractivity contribution in [1.82, 2.24) is 20.2 Å². The van der Waals surface area contributed by atoms with Crippen LogP contribution in [0.15, 0.2) is 55.1 Å². The molecule has 3 aromatic rings. The average molecular weight is 348 g/mol. The van der Waals surface area contributed by atoms with Crippen LogP contribution in [0.3, 0.4) is 0 Å². The maximum atomic E-state index is 12.4. The maximum Gasteiger partial charge on any atom is 0.255 e. The molecule has 1 aromatic carbocycles. The molecular formula is C18H16N6O2. The number of carbonyl (C=O) groups is 2. The van der Waals surface area contributed by atoms with Crippen LogP contribution in [0.25, 0.3) is 0 Å². The van der Waals surface area contributed by atoms with E-state index in [1.54, 1.807) is 48.8 Å². The molecule has 0 unspecified atom stereocenters. The van der Waals surface area contributed by atoms with Crippen LogP contribution in [-0.2, 0) is 4.79 Å². The average Bonchev–Trinajstić information content (AvgIpc) is 3.28. The summed E-state index contributed by atoms with van der Waals surface area (Å²) < 4.78 is 0. The van der Waals surface area contributed by atoms with E-state index >= 15 is 0 Å². The summed E-state index contributed by atoms with van der Waals surface area (Å²) >= 11 is 0. The van der Waals surface area contributed by atoms with E-state index < -0.39 is 0 Å². The van der Waals surface area contributed by atoms with E-state index in [2.05, 4.69) is 30.8 Å². The molecule has 0 saturated heterocycles. The van der Waals surface area contributed by atoms with Crippen LogP contribution >= 0.6 is 0 Å². The number of nitrogens with one attached hydrogen (secondary N) is 3. The fourth-order valence-corrected chi connectivity index (χ4v) is 2.79. The van der Waals surface area contributed by atoms with E-state index in [0.717, 1.165) is 12.2 Å². The van der Waals surface area contributed by atoms with E-state index in [4.69, 9.17) is 0 Å². The molecule has 1 fully saturated rings. The second kappa shape index (κ2) is 6.75. The second-order valence-corrected chi connectivity index (χ2v) is 6.08. The number of rotatable bonds is 5. The van der Waals surface area contributed by atoms with Gasteiger partial charge in [-0.05, 0) is 36.8 Å². The van der Waals surface area contributed by atoms with E-state index in [-0.39, 0.29) is 23.7 Å². The minimum atomic E-state index is -0.252. The third-order valence-electron chi connectivity index (χ3n) is 4.24. The van der Waals surface area contributed by atoms with Gasteiger partial charge in [0.2, 0.25) is 5.91 Å². The normalized spacial score (nSPS) is 18.2. The van der Waals surface area contributed by atoms with Crippen LogP contribution in [0.2, 0.25) is 0 Å². The van der Waals surface area contributed by atoms with Gasteiger partial charge in [0.25, 0.3) is 5.91 Å². The van der Waals surface area contributed by atoms with E-state index in [9.17, 15) is 9.59 Å². The first kappa shape index (κ1) is 15.9. The molecule has 2 heterocycles. The Morgan fingerprint density at radius 3 is 2.69 bits per heavy atom. The lowest BCUT2D eigenvalue weighted by Gasteiger charge is -2.08. The van der Waals surface area contributed by atoms with Crippen molar-refractivity contribution in [2.75, 3.05) is 10.6 Å². The van der Waals surface area contributed by atoms with Gasteiger partial charge in [0.15, 0.2) is 0 Å². The highest BCUT2D eigenvalue weighted by Gasteiger charge is 2.46. The molecule has 2 atom stereocenters. The Morgan fingerprint density at radius 2 is 1.92 bits per heavy atom. The quantitative estimate of drug-likeness (QED) is 0.654. The molecule has 0 aliphatic heterocycles. The smallest absolute Gasteiger partial charge is 0.255 e. The van der Waals surface area contributed by atoms with Crippen molar-refractivity contribution in [3.8, 4) is 0 Å². The van der Waals surface area contributed by atoms with Crippen LogP contribution in [-0.4, -0.2) is 32.0 Å². The van der Waals surface area contributed by atoms with E-state index in [1.807, 2.05) is 0 Å². The molecule has 1 aliphatic carbocycles. The Balaban J connectivity index is 1.40. The lowest BCUT2D eigenvalue weighted by Crippen LogP contribution is -2.16. The van der Waals surface area contributed by atoms with Crippen molar-refractivity contribution in [3.63, 3.8) is 0 Å². The largest absolute Gasteiger partial charge is 0.326 e. The zero-order valence-corrected chi connectivity index (χ0v) is 13.7. The molecule has 0 spiro atoms. The monoisotopic (exact) mass is 348 g/mol. The summed E-state index contributed by atoms with van der Waals surface area (Å²) in [7, 11) is 0. The molecule has 4 rings (SSSR count). The molecule has 2 amide bonds. The number of carbonyl (C=O) groups excluding carboxylic acids is 2. The number of pyridine rings is 1. The number of amides is 2. The van der Waals surface area contributed by atoms with Crippen molar-refractivity contribution in [2.45, 2.75) is 12.3 Å². The topological polar surface area (TPSA) is 113 Å². The summed E-state index contributed by atoms with van der Waals surface area (Å²) in [6, 6.07) is 10.3. The first-order valence-electron chi connectivity index (χ1n) is 8.18. The summed E-state index contributed by atoms with van der Waals surface area (Å²) in [5, 5.41) is 12.3. The Bertz CT molecular complexity index is 926. The first-order valence-corrected chi connectivity index (χ1v) is 8.18. The molecule has 1 saturated carbocycles. The Labute approximate surface area is 149 Å². The van der Waals surface area contributed by atoms with Gasteiger partial charge in [-0.2, -0.15) is 5.10 Å². The summed E-state index contributed by atoms with van der Waals surface area (Å²) in [6.45, 7) is 0. The molecule has 0 radical (unpaired) electrons. The number of anilines is 2. The molecule has 26 heavy (non-hydrogen) atoms. The fraction of sp³-hybridized carbons (Fsp3) is 0.167. The summed E-state index contributed by atoms with van der Waals surface area (Å²) in [5.74, 6) is 0.347. The summed E-state index contributed by atoms with van der Waals surface area (Å²) in [6.07, 6.45) is 5.39.